The number of amides is 2. The lowest BCUT2D eigenvalue weighted by atomic mass is 10.3. The fourth-order valence-corrected chi connectivity index (χ4v) is 1.57. The molecule has 0 fully saturated rings. The second-order valence-electron chi connectivity index (χ2n) is 3.48. The molecule has 0 saturated carbocycles. The minimum atomic E-state index is -0.587. The Morgan fingerprint density at radius 1 is 1.33 bits per heavy atom. The van der Waals surface area contributed by atoms with Crippen LogP contribution in [0.5, 0.6) is 0 Å². The van der Waals surface area contributed by atoms with E-state index in [9.17, 15) is 9.18 Å². The summed E-state index contributed by atoms with van der Waals surface area (Å²) in [4.78, 5) is 11.5. The molecule has 4 nitrogen and oxygen atoms in total. The molecule has 18 heavy (non-hydrogen) atoms. The van der Waals surface area contributed by atoms with E-state index in [-0.39, 0.29) is 17.3 Å². The molecule has 2 rings (SSSR count). The number of furan rings is 1. The molecule has 0 atom stereocenters. The van der Waals surface area contributed by atoms with Crippen LogP contribution >= 0.6 is 11.6 Å². The molecular formula is C12H10ClFN2O2. The van der Waals surface area contributed by atoms with Gasteiger partial charge in [0, 0.05) is 0 Å². The third-order valence-corrected chi connectivity index (χ3v) is 2.52. The minimum absolute atomic E-state index is 0.0453. The lowest BCUT2D eigenvalue weighted by molar-refractivity contribution is 0.250. The van der Waals surface area contributed by atoms with E-state index < -0.39 is 11.8 Å². The van der Waals surface area contributed by atoms with Crippen LogP contribution in [0.1, 0.15) is 5.76 Å². The van der Waals surface area contributed by atoms with E-state index in [1.165, 1.54) is 24.5 Å². The molecule has 0 aliphatic heterocycles. The number of para-hydroxylation sites is 1. The third-order valence-electron chi connectivity index (χ3n) is 2.20. The number of hydrogen-bond acceptors (Lipinski definition) is 2. The molecular weight excluding hydrogens is 259 g/mol. The van der Waals surface area contributed by atoms with E-state index >= 15 is 0 Å². The zero-order valence-electron chi connectivity index (χ0n) is 9.24. The standard InChI is InChI=1S/C12H10ClFN2O2/c13-9-4-1-5-10(14)11(9)16-12(17)15-7-8-3-2-6-18-8/h1-6H,7H2,(H2,15,16,17). The first kappa shape index (κ1) is 12.4. The van der Waals surface area contributed by atoms with Crippen molar-refractivity contribution in [3.63, 3.8) is 0 Å². The molecule has 0 radical (unpaired) electrons. The van der Waals surface area contributed by atoms with Crippen LogP contribution in [-0.2, 0) is 6.54 Å². The number of nitrogens with one attached hydrogen (secondary N) is 2. The van der Waals surface area contributed by atoms with Gasteiger partial charge in [-0.2, -0.15) is 0 Å². The van der Waals surface area contributed by atoms with E-state index in [0.29, 0.717) is 5.76 Å². The highest BCUT2D eigenvalue weighted by molar-refractivity contribution is 6.33. The summed E-state index contributed by atoms with van der Waals surface area (Å²) >= 11 is 5.77. The Morgan fingerprint density at radius 3 is 2.83 bits per heavy atom. The van der Waals surface area contributed by atoms with Gasteiger partial charge in [-0.15, -0.1) is 0 Å². The monoisotopic (exact) mass is 268 g/mol. The number of urea groups is 1. The maximum Gasteiger partial charge on any atom is 0.319 e. The van der Waals surface area contributed by atoms with Crippen LogP contribution in [0.2, 0.25) is 5.02 Å². The van der Waals surface area contributed by atoms with Crippen LogP contribution in [0.15, 0.2) is 41.0 Å². The summed E-state index contributed by atoms with van der Waals surface area (Å²) < 4.78 is 18.4. The first-order chi connectivity index (χ1) is 8.66. The summed E-state index contributed by atoms with van der Waals surface area (Å²) in [7, 11) is 0. The maximum atomic E-state index is 13.4. The molecule has 1 aromatic carbocycles. The topological polar surface area (TPSA) is 54.3 Å². The second-order valence-corrected chi connectivity index (χ2v) is 3.89. The molecule has 0 saturated heterocycles. The van der Waals surface area contributed by atoms with Crippen LogP contribution in [0.3, 0.4) is 0 Å². The number of rotatable bonds is 3. The van der Waals surface area contributed by atoms with Crippen molar-refractivity contribution in [2.75, 3.05) is 5.32 Å². The zero-order valence-corrected chi connectivity index (χ0v) is 10.00. The van der Waals surface area contributed by atoms with Crippen LogP contribution in [0.4, 0.5) is 14.9 Å². The first-order valence-electron chi connectivity index (χ1n) is 5.18. The first-order valence-corrected chi connectivity index (χ1v) is 5.56. The third kappa shape index (κ3) is 3.01. The van der Waals surface area contributed by atoms with Crippen LogP contribution < -0.4 is 10.6 Å². The Hall–Kier alpha value is -2.01. The molecule has 0 spiro atoms. The number of anilines is 1. The zero-order chi connectivity index (χ0) is 13.0. The van der Waals surface area contributed by atoms with E-state index in [4.69, 9.17) is 16.0 Å². The van der Waals surface area contributed by atoms with E-state index in [2.05, 4.69) is 10.6 Å². The van der Waals surface area contributed by atoms with Gasteiger partial charge < -0.3 is 15.1 Å². The van der Waals surface area contributed by atoms with Crippen molar-refractivity contribution in [1.82, 2.24) is 5.32 Å². The molecule has 1 aromatic heterocycles. The number of halogens is 2. The van der Waals surface area contributed by atoms with Gasteiger partial charge in [-0.05, 0) is 24.3 Å². The van der Waals surface area contributed by atoms with E-state index in [1.54, 1.807) is 12.1 Å². The van der Waals surface area contributed by atoms with Crippen molar-refractivity contribution in [2.45, 2.75) is 6.54 Å². The Labute approximate surface area is 108 Å². The van der Waals surface area contributed by atoms with Gasteiger partial charge in [0.1, 0.15) is 11.6 Å². The highest BCUT2D eigenvalue weighted by Crippen LogP contribution is 2.24. The van der Waals surface area contributed by atoms with Gasteiger partial charge in [0.2, 0.25) is 0 Å². The second kappa shape index (κ2) is 5.55. The highest BCUT2D eigenvalue weighted by atomic mass is 35.5. The average molecular weight is 269 g/mol. The number of hydrogen-bond donors (Lipinski definition) is 2. The number of benzene rings is 1. The molecule has 94 valence electrons. The summed E-state index contributed by atoms with van der Waals surface area (Å²) in [6.45, 7) is 0.213. The molecule has 2 aromatic rings. The van der Waals surface area contributed by atoms with Crippen molar-refractivity contribution >= 4 is 23.3 Å². The lowest BCUT2D eigenvalue weighted by Gasteiger charge is -2.08. The normalized spacial score (nSPS) is 10.1. The summed E-state index contributed by atoms with van der Waals surface area (Å²) in [5.41, 5.74) is -0.0453. The molecule has 6 heteroatoms. The molecule has 0 bridgehead atoms. The SMILES string of the molecule is O=C(NCc1ccco1)Nc1c(F)cccc1Cl. The van der Waals surface area contributed by atoms with Gasteiger partial charge >= 0.3 is 6.03 Å². The van der Waals surface area contributed by atoms with Gasteiger partial charge in [0.05, 0.1) is 23.5 Å². The van der Waals surface area contributed by atoms with Gasteiger partial charge in [-0.3, -0.25) is 0 Å². The quantitative estimate of drug-likeness (QED) is 0.896. The molecule has 0 unspecified atom stereocenters. The van der Waals surface area contributed by atoms with Gasteiger partial charge in [-0.25, -0.2) is 9.18 Å². The minimum Gasteiger partial charge on any atom is -0.467 e. The fourth-order valence-electron chi connectivity index (χ4n) is 1.36. The smallest absolute Gasteiger partial charge is 0.319 e. The summed E-state index contributed by atoms with van der Waals surface area (Å²) in [6, 6.07) is 7.04. The Balaban J connectivity index is 1.95. The van der Waals surface area contributed by atoms with Crippen LogP contribution in [-0.4, -0.2) is 6.03 Å². The molecule has 0 aliphatic carbocycles. The van der Waals surface area contributed by atoms with E-state index in [0.717, 1.165) is 0 Å². The maximum absolute atomic E-state index is 13.4. The lowest BCUT2D eigenvalue weighted by Crippen LogP contribution is -2.28. The van der Waals surface area contributed by atoms with Crippen LogP contribution in [0.25, 0.3) is 0 Å². The largest absolute Gasteiger partial charge is 0.467 e. The number of carbonyl (C=O) groups excluding carboxylic acids is 1. The highest BCUT2D eigenvalue weighted by Gasteiger charge is 2.10. The van der Waals surface area contributed by atoms with Gasteiger partial charge in [0.25, 0.3) is 0 Å². The van der Waals surface area contributed by atoms with Gasteiger partial charge in [-0.1, -0.05) is 17.7 Å². The Bertz CT molecular complexity index is 523. The van der Waals surface area contributed by atoms with Crippen molar-refractivity contribution < 1.29 is 13.6 Å². The molecule has 2 N–H and O–H groups in total. The summed E-state index contributed by atoms with van der Waals surface area (Å²) in [5.74, 6) is 0.0143. The summed E-state index contributed by atoms with van der Waals surface area (Å²) in [5, 5.41) is 5.00. The molecule has 2 amide bonds. The van der Waals surface area contributed by atoms with Crippen molar-refractivity contribution in [3.05, 3.63) is 53.2 Å². The van der Waals surface area contributed by atoms with Crippen molar-refractivity contribution in [1.29, 1.82) is 0 Å². The van der Waals surface area contributed by atoms with Crippen molar-refractivity contribution in [2.24, 2.45) is 0 Å². The summed E-state index contributed by atoms with van der Waals surface area (Å²) in [6.07, 6.45) is 1.50. The fraction of sp³-hybridized carbons (Fsp3) is 0.0833. The number of carbonyl (C=O) groups is 1. The predicted octanol–water partition coefficient (Wildman–Crippen LogP) is 3.39. The van der Waals surface area contributed by atoms with Gasteiger partial charge in [0.15, 0.2) is 0 Å². The average Bonchev–Trinajstić information content (AvgIpc) is 2.84. The Kier molecular flexibility index (Phi) is 3.84. The molecule has 0 aliphatic rings. The Morgan fingerprint density at radius 2 is 2.17 bits per heavy atom. The van der Waals surface area contributed by atoms with E-state index in [1.807, 2.05) is 0 Å². The van der Waals surface area contributed by atoms with Crippen molar-refractivity contribution in [3.8, 4) is 0 Å². The predicted molar refractivity (Wildman–Crippen MR) is 66.0 cm³/mol. The van der Waals surface area contributed by atoms with Crippen LogP contribution in [0, 0.1) is 5.82 Å². The molecule has 1 heterocycles.